The molecule has 2 nitrogen and oxygen atoms in total. The number of nitrogens with one attached hydrogen (secondary N) is 1. The van der Waals surface area contributed by atoms with Crippen LogP contribution >= 0.6 is 11.3 Å². The second kappa shape index (κ2) is 5.78. The van der Waals surface area contributed by atoms with Gasteiger partial charge in [-0.3, -0.25) is 0 Å². The molecule has 1 aromatic rings. The first-order valence-electron chi connectivity index (χ1n) is 6.38. The van der Waals surface area contributed by atoms with Crippen molar-refractivity contribution in [2.45, 2.75) is 52.0 Å². The van der Waals surface area contributed by atoms with Crippen LogP contribution in [0, 0.1) is 12.8 Å². The lowest BCUT2D eigenvalue weighted by Crippen LogP contribution is -2.34. The molecule has 2 unspecified atom stereocenters. The molecule has 1 aromatic heterocycles. The molecule has 0 aliphatic heterocycles. The number of hydrogen-bond acceptors (Lipinski definition) is 3. The molecule has 2 atom stereocenters. The smallest absolute Gasteiger partial charge is 0.0896 e. The average Bonchev–Trinajstić information content (AvgIpc) is 2.64. The van der Waals surface area contributed by atoms with E-state index < -0.39 is 0 Å². The predicted molar refractivity (Wildman–Crippen MR) is 70.0 cm³/mol. The molecule has 0 spiro atoms. The highest BCUT2D eigenvalue weighted by molar-refractivity contribution is 7.11. The second-order valence-electron chi connectivity index (χ2n) is 5.02. The van der Waals surface area contributed by atoms with Gasteiger partial charge in [-0.1, -0.05) is 19.8 Å². The second-order valence-corrected chi connectivity index (χ2v) is 6.34. The van der Waals surface area contributed by atoms with E-state index in [1.165, 1.54) is 35.6 Å². The van der Waals surface area contributed by atoms with E-state index in [1.807, 2.05) is 17.5 Å². The summed E-state index contributed by atoms with van der Waals surface area (Å²) in [7, 11) is 0. The summed E-state index contributed by atoms with van der Waals surface area (Å²) in [6, 6.07) is 0.762. The summed E-state index contributed by atoms with van der Waals surface area (Å²) in [6.07, 6.45) is 8.71. The van der Waals surface area contributed by atoms with Crippen molar-refractivity contribution >= 4 is 11.3 Å². The Hall–Kier alpha value is -0.410. The van der Waals surface area contributed by atoms with Gasteiger partial charge in [0.2, 0.25) is 0 Å². The number of nitrogens with zero attached hydrogens (tertiary/aromatic N) is 1. The fourth-order valence-electron chi connectivity index (χ4n) is 2.54. The summed E-state index contributed by atoms with van der Waals surface area (Å²) in [4.78, 5) is 5.70. The number of rotatable bonds is 4. The van der Waals surface area contributed by atoms with Crippen LogP contribution in [0.3, 0.4) is 0 Å². The minimum Gasteiger partial charge on any atom is -0.314 e. The molecule has 1 aliphatic rings. The Morgan fingerprint density at radius 2 is 2.38 bits per heavy atom. The van der Waals surface area contributed by atoms with Crippen LogP contribution in [-0.2, 0) is 6.42 Å². The highest BCUT2D eigenvalue weighted by Crippen LogP contribution is 2.23. The van der Waals surface area contributed by atoms with E-state index in [9.17, 15) is 0 Å². The van der Waals surface area contributed by atoms with Gasteiger partial charge in [0, 0.05) is 23.7 Å². The van der Waals surface area contributed by atoms with Crippen molar-refractivity contribution in [2.24, 2.45) is 5.92 Å². The van der Waals surface area contributed by atoms with Gasteiger partial charge in [-0.05, 0) is 32.1 Å². The van der Waals surface area contributed by atoms with Crippen LogP contribution in [0.1, 0.15) is 42.5 Å². The third kappa shape index (κ3) is 3.56. The zero-order chi connectivity index (χ0) is 11.4. The Labute approximate surface area is 102 Å². The van der Waals surface area contributed by atoms with Crippen molar-refractivity contribution in [1.29, 1.82) is 0 Å². The van der Waals surface area contributed by atoms with Gasteiger partial charge in [0.05, 0.1) is 5.01 Å². The van der Waals surface area contributed by atoms with E-state index in [0.717, 1.165) is 24.9 Å². The molecule has 1 N–H and O–H groups in total. The fourth-order valence-corrected chi connectivity index (χ4v) is 3.33. The Kier molecular flexibility index (Phi) is 4.36. The Morgan fingerprint density at radius 3 is 3.06 bits per heavy atom. The molecule has 3 heteroatoms. The van der Waals surface area contributed by atoms with Gasteiger partial charge in [-0.15, -0.1) is 11.3 Å². The molecule has 1 fully saturated rings. The van der Waals surface area contributed by atoms with Crippen molar-refractivity contribution < 1.29 is 0 Å². The molecule has 0 saturated heterocycles. The first-order chi connectivity index (χ1) is 7.74. The summed E-state index contributed by atoms with van der Waals surface area (Å²) in [5.41, 5.74) is 0. The maximum atomic E-state index is 4.28. The third-order valence-corrected chi connectivity index (χ3v) is 4.38. The number of thiazole rings is 1. The van der Waals surface area contributed by atoms with E-state index >= 15 is 0 Å². The van der Waals surface area contributed by atoms with Crippen molar-refractivity contribution in [3.63, 3.8) is 0 Å². The van der Waals surface area contributed by atoms with Gasteiger partial charge in [0.1, 0.15) is 0 Å². The lowest BCUT2D eigenvalue weighted by molar-refractivity contribution is 0.303. The first kappa shape index (κ1) is 12.1. The van der Waals surface area contributed by atoms with Gasteiger partial charge in [-0.2, -0.15) is 0 Å². The van der Waals surface area contributed by atoms with Crippen LogP contribution in [0.2, 0.25) is 0 Å². The van der Waals surface area contributed by atoms with Gasteiger partial charge < -0.3 is 5.32 Å². The van der Waals surface area contributed by atoms with Crippen molar-refractivity contribution in [1.82, 2.24) is 10.3 Å². The van der Waals surface area contributed by atoms with Crippen molar-refractivity contribution in [3.05, 3.63) is 16.1 Å². The molecule has 1 aliphatic carbocycles. The molecular weight excluding hydrogens is 216 g/mol. The van der Waals surface area contributed by atoms with Gasteiger partial charge in [0.25, 0.3) is 0 Å². The average molecular weight is 238 g/mol. The van der Waals surface area contributed by atoms with E-state index in [1.54, 1.807) is 0 Å². The van der Waals surface area contributed by atoms with Crippen LogP contribution < -0.4 is 5.32 Å². The minimum atomic E-state index is 0.762. The monoisotopic (exact) mass is 238 g/mol. The zero-order valence-corrected chi connectivity index (χ0v) is 11.1. The molecular formula is C13H22N2S. The quantitative estimate of drug-likeness (QED) is 0.871. The fraction of sp³-hybridized carbons (Fsp3) is 0.769. The first-order valence-corrected chi connectivity index (χ1v) is 7.20. The summed E-state index contributed by atoms with van der Waals surface area (Å²) in [5, 5.41) is 4.87. The van der Waals surface area contributed by atoms with Crippen molar-refractivity contribution in [3.8, 4) is 0 Å². The summed E-state index contributed by atoms with van der Waals surface area (Å²) in [6.45, 7) is 5.56. The Bertz CT molecular complexity index is 321. The van der Waals surface area contributed by atoms with Crippen LogP contribution in [0.5, 0.6) is 0 Å². The van der Waals surface area contributed by atoms with Crippen LogP contribution in [0.25, 0.3) is 0 Å². The normalized spacial score (nSPS) is 25.9. The van der Waals surface area contributed by atoms with Crippen molar-refractivity contribution in [2.75, 3.05) is 6.54 Å². The molecule has 0 radical (unpaired) electrons. The molecule has 1 saturated carbocycles. The van der Waals surface area contributed by atoms with Crippen LogP contribution in [0.15, 0.2) is 6.20 Å². The molecule has 90 valence electrons. The van der Waals surface area contributed by atoms with Gasteiger partial charge >= 0.3 is 0 Å². The summed E-state index contributed by atoms with van der Waals surface area (Å²) < 4.78 is 0. The zero-order valence-electron chi connectivity index (χ0n) is 10.3. The van der Waals surface area contributed by atoms with E-state index in [-0.39, 0.29) is 0 Å². The molecule has 16 heavy (non-hydrogen) atoms. The van der Waals surface area contributed by atoms with E-state index in [0.29, 0.717) is 0 Å². The van der Waals surface area contributed by atoms with Crippen LogP contribution in [-0.4, -0.2) is 17.6 Å². The highest BCUT2D eigenvalue weighted by Gasteiger charge is 2.17. The minimum absolute atomic E-state index is 0.762. The maximum Gasteiger partial charge on any atom is 0.0896 e. The summed E-state index contributed by atoms with van der Waals surface area (Å²) in [5.74, 6) is 0.914. The summed E-state index contributed by atoms with van der Waals surface area (Å²) >= 11 is 1.82. The maximum absolute atomic E-state index is 4.28. The van der Waals surface area contributed by atoms with Gasteiger partial charge in [-0.25, -0.2) is 4.98 Å². The predicted octanol–water partition coefficient (Wildman–Crippen LogP) is 3.16. The van der Waals surface area contributed by atoms with E-state index in [2.05, 4.69) is 24.1 Å². The lowest BCUT2D eigenvalue weighted by atomic mass is 9.87. The molecule has 0 aromatic carbocycles. The lowest BCUT2D eigenvalue weighted by Gasteiger charge is -2.27. The number of aryl methyl sites for hydroxylation is 1. The molecule has 0 bridgehead atoms. The molecule has 1 heterocycles. The number of hydrogen-bond donors (Lipinski definition) is 1. The van der Waals surface area contributed by atoms with E-state index in [4.69, 9.17) is 0 Å². The third-order valence-electron chi connectivity index (χ3n) is 3.41. The number of aromatic nitrogens is 1. The largest absolute Gasteiger partial charge is 0.314 e. The Balaban J connectivity index is 1.67. The Morgan fingerprint density at radius 1 is 1.50 bits per heavy atom. The molecule has 0 amide bonds. The highest BCUT2D eigenvalue weighted by atomic mass is 32.1. The standard InChI is InChI=1S/C13H22N2S/c1-10-4-3-5-12(8-10)14-7-6-13-9-15-11(2)16-13/h9-10,12,14H,3-8H2,1-2H3. The van der Waals surface area contributed by atoms with Gasteiger partial charge in [0.15, 0.2) is 0 Å². The topological polar surface area (TPSA) is 24.9 Å². The molecule has 2 rings (SSSR count). The SMILES string of the molecule is Cc1ncc(CCNC2CCCC(C)C2)s1. The van der Waals surface area contributed by atoms with Crippen LogP contribution in [0.4, 0.5) is 0 Å².